The van der Waals surface area contributed by atoms with Crippen molar-refractivity contribution in [3.63, 3.8) is 0 Å². The van der Waals surface area contributed by atoms with Crippen molar-refractivity contribution in [3.05, 3.63) is 21.3 Å². The second-order valence-corrected chi connectivity index (χ2v) is 8.23. The molecule has 1 aliphatic heterocycles. The zero-order chi connectivity index (χ0) is 15.5. The molecule has 1 aliphatic carbocycles. The Balaban J connectivity index is 0.00000144. The minimum absolute atomic E-state index is 0. The molecule has 2 aliphatic rings. The molecule has 24 heavy (non-hydrogen) atoms. The quantitative estimate of drug-likeness (QED) is 0.824. The van der Waals surface area contributed by atoms with Gasteiger partial charge in [-0.25, -0.2) is 0 Å². The fourth-order valence-electron chi connectivity index (χ4n) is 3.49. The number of amides is 1. The first kappa shape index (κ1) is 22.0. The van der Waals surface area contributed by atoms with Crippen LogP contribution in [0.1, 0.15) is 30.6 Å². The van der Waals surface area contributed by atoms with Crippen molar-refractivity contribution < 1.29 is 4.79 Å². The number of hydrogen-bond donors (Lipinski definition) is 1. The molecule has 1 aromatic heterocycles. The standard InChI is InChI=1S/C16H24ClN3OS.2ClH/c17-15-5-4-14(22-15)11-19-6-8-20(9-7-19)16(21)12-2-1-3-13(18)10-12;;/h4-5,12-13H,1-3,6-11,18H2;2*1H. The van der Waals surface area contributed by atoms with E-state index in [2.05, 4.69) is 11.0 Å². The van der Waals surface area contributed by atoms with E-state index in [1.165, 1.54) is 4.88 Å². The third-order valence-electron chi connectivity index (χ3n) is 4.76. The van der Waals surface area contributed by atoms with E-state index >= 15 is 0 Å². The van der Waals surface area contributed by atoms with Crippen LogP contribution in [0, 0.1) is 5.92 Å². The van der Waals surface area contributed by atoms with Crippen LogP contribution >= 0.6 is 47.8 Å². The molecule has 0 radical (unpaired) electrons. The van der Waals surface area contributed by atoms with Gasteiger partial charge in [0.25, 0.3) is 0 Å². The predicted octanol–water partition coefficient (Wildman–Crippen LogP) is 3.41. The van der Waals surface area contributed by atoms with Gasteiger partial charge in [0.2, 0.25) is 5.91 Å². The molecule has 2 fully saturated rings. The Hall–Kier alpha value is -0.0400. The molecule has 4 nitrogen and oxygen atoms in total. The highest BCUT2D eigenvalue weighted by atomic mass is 35.5. The van der Waals surface area contributed by atoms with Gasteiger partial charge in [0.05, 0.1) is 4.34 Å². The Labute approximate surface area is 165 Å². The first-order valence-electron chi connectivity index (χ1n) is 8.13. The molecule has 1 aromatic rings. The summed E-state index contributed by atoms with van der Waals surface area (Å²) in [6.45, 7) is 4.50. The number of piperazine rings is 1. The number of halogens is 3. The van der Waals surface area contributed by atoms with Crippen LogP contribution < -0.4 is 5.73 Å². The summed E-state index contributed by atoms with van der Waals surface area (Å²) in [4.78, 5) is 18.3. The second kappa shape index (κ2) is 10.2. The first-order chi connectivity index (χ1) is 10.6. The Morgan fingerprint density at radius 1 is 1.21 bits per heavy atom. The third-order valence-corrected chi connectivity index (χ3v) is 5.97. The van der Waals surface area contributed by atoms with Crippen LogP contribution in [0.25, 0.3) is 0 Å². The number of hydrogen-bond acceptors (Lipinski definition) is 4. The van der Waals surface area contributed by atoms with Crippen LogP contribution in [0.4, 0.5) is 0 Å². The molecule has 1 saturated carbocycles. The van der Waals surface area contributed by atoms with Crippen LogP contribution in [-0.4, -0.2) is 47.9 Å². The number of nitrogens with two attached hydrogens (primary N) is 1. The van der Waals surface area contributed by atoms with Gasteiger partial charge in [-0.3, -0.25) is 9.69 Å². The van der Waals surface area contributed by atoms with E-state index < -0.39 is 0 Å². The number of rotatable bonds is 3. The molecule has 0 bridgehead atoms. The van der Waals surface area contributed by atoms with E-state index in [0.717, 1.165) is 62.7 Å². The molecule has 0 aromatic carbocycles. The summed E-state index contributed by atoms with van der Waals surface area (Å²) < 4.78 is 0.845. The summed E-state index contributed by atoms with van der Waals surface area (Å²) >= 11 is 7.62. The maximum absolute atomic E-state index is 12.6. The van der Waals surface area contributed by atoms with E-state index in [0.29, 0.717) is 5.91 Å². The maximum Gasteiger partial charge on any atom is 0.225 e. The van der Waals surface area contributed by atoms with Gasteiger partial charge in [0.1, 0.15) is 0 Å². The highest BCUT2D eigenvalue weighted by molar-refractivity contribution is 7.16. The average molecular weight is 415 g/mol. The van der Waals surface area contributed by atoms with Gasteiger partial charge in [-0.15, -0.1) is 36.2 Å². The molecule has 1 amide bonds. The lowest BCUT2D eigenvalue weighted by molar-refractivity contribution is -0.138. The third kappa shape index (κ3) is 5.75. The zero-order valence-electron chi connectivity index (χ0n) is 13.7. The van der Waals surface area contributed by atoms with E-state index in [9.17, 15) is 4.79 Å². The predicted molar refractivity (Wildman–Crippen MR) is 106 cm³/mol. The van der Waals surface area contributed by atoms with Gasteiger partial charge < -0.3 is 10.6 Å². The summed E-state index contributed by atoms with van der Waals surface area (Å²) in [5.74, 6) is 0.486. The SMILES string of the molecule is Cl.Cl.NC1CCCC(C(=O)N2CCN(Cc3ccc(Cl)s3)CC2)C1. The van der Waals surface area contributed by atoms with Gasteiger partial charge in [-0.1, -0.05) is 18.0 Å². The van der Waals surface area contributed by atoms with Crippen molar-refractivity contribution in [1.29, 1.82) is 0 Å². The Morgan fingerprint density at radius 2 is 1.92 bits per heavy atom. The molecular formula is C16H26Cl3N3OS. The normalized spacial score (nSPS) is 24.8. The minimum Gasteiger partial charge on any atom is -0.340 e. The average Bonchev–Trinajstić information content (AvgIpc) is 2.92. The molecule has 8 heteroatoms. The number of nitrogens with zero attached hydrogens (tertiary/aromatic N) is 2. The van der Waals surface area contributed by atoms with Crippen molar-refractivity contribution in [2.75, 3.05) is 26.2 Å². The molecule has 2 heterocycles. The van der Waals surface area contributed by atoms with Crippen molar-refractivity contribution in [1.82, 2.24) is 9.80 Å². The van der Waals surface area contributed by atoms with E-state index in [4.69, 9.17) is 17.3 Å². The maximum atomic E-state index is 12.6. The zero-order valence-corrected chi connectivity index (χ0v) is 16.9. The summed E-state index contributed by atoms with van der Waals surface area (Å²) in [6, 6.07) is 4.26. The Bertz CT molecular complexity index is 520. The lowest BCUT2D eigenvalue weighted by atomic mass is 9.85. The van der Waals surface area contributed by atoms with E-state index in [1.807, 2.05) is 11.0 Å². The molecular weight excluding hydrogens is 389 g/mol. The fourth-order valence-corrected chi connectivity index (χ4v) is 4.62. The highest BCUT2D eigenvalue weighted by Gasteiger charge is 2.30. The smallest absolute Gasteiger partial charge is 0.225 e. The van der Waals surface area contributed by atoms with Crippen molar-refractivity contribution in [3.8, 4) is 0 Å². The topological polar surface area (TPSA) is 49.6 Å². The van der Waals surface area contributed by atoms with E-state index in [-0.39, 0.29) is 36.8 Å². The van der Waals surface area contributed by atoms with Crippen molar-refractivity contribution >= 4 is 53.7 Å². The van der Waals surface area contributed by atoms with Gasteiger partial charge in [0.15, 0.2) is 0 Å². The molecule has 138 valence electrons. The largest absolute Gasteiger partial charge is 0.340 e. The number of thiophene rings is 1. The first-order valence-corrected chi connectivity index (χ1v) is 9.32. The summed E-state index contributed by atoms with van der Waals surface area (Å²) in [5.41, 5.74) is 6.01. The van der Waals surface area contributed by atoms with Crippen LogP contribution in [0.2, 0.25) is 4.34 Å². The van der Waals surface area contributed by atoms with E-state index in [1.54, 1.807) is 11.3 Å². The Morgan fingerprint density at radius 3 is 2.50 bits per heavy atom. The lowest BCUT2D eigenvalue weighted by Crippen LogP contribution is -2.50. The summed E-state index contributed by atoms with van der Waals surface area (Å²) in [6.07, 6.45) is 4.05. The van der Waals surface area contributed by atoms with Crippen molar-refractivity contribution in [2.45, 2.75) is 38.3 Å². The molecule has 2 atom stereocenters. The van der Waals surface area contributed by atoms with Gasteiger partial charge in [-0.2, -0.15) is 0 Å². The molecule has 2 N–H and O–H groups in total. The van der Waals surface area contributed by atoms with Crippen molar-refractivity contribution in [2.24, 2.45) is 11.7 Å². The van der Waals surface area contributed by atoms with Crippen LogP contribution in [0.3, 0.4) is 0 Å². The van der Waals surface area contributed by atoms with Gasteiger partial charge >= 0.3 is 0 Å². The van der Waals surface area contributed by atoms with Crippen LogP contribution in [0.5, 0.6) is 0 Å². The molecule has 2 unspecified atom stereocenters. The summed E-state index contributed by atoms with van der Waals surface area (Å²) in [5, 5.41) is 0. The molecule has 3 rings (SSSR count). The summed E-state index contributed by atoms with van der Waals surface area (Å²) in [7, 11) is 0. The lowest BCUT2D eigenvalue weighted by Gasteiger charge is -2.37. The monoisotopic (exact) mass is 413 g/mol. The van der Waals surface area contributed by atoms with Crippen LogP contribution in [0.15, 0.2) is 12.1 Å². The fraction of sp³-hybridized carbons (Fsp3) is 0.688. The number of carbonyl (C=O) groups excluding carboxylic acids is 1. The Kier molecular flexibility index (Phi) is 9.34. The minimum atomic E-state index is 0. The van der Waals surface area contributed by atoms with Gasteiger partial charge in [0, 0.05) is 49.6 Å². The second-order valence-electron chi connectivity index (χ2n) is 6.43. The molecule has 1 saturated heterocycles. The highest BCUT2D eigenvalue weighted by Crippen LogP contribution is 2.26. The van der Waals surface area contributed by atoms with Gasteiger partial charge in [-0.05, 0) is 31.4 Å². The van der Waals surface area contributed by atoms with Crippen LogP contribution in [-0.2, 0) is 11.3 Å². The molecule has 0 spiro atoms. The number of carbonyl (C=O) groups is 1.